The Balaban J connectivity index is 0.00000161. The molecule has 5 heteroatoms. The monoisotopic (exact) mass is 372 g/mol. The van der Waals surface area contributed by atoms with Crippen LogP contribution in [-0.2, 0) is 11.2 Å². The fraction of sp³-hybridized carbons (Fsp3) is 0.562. The molecule has 3 rings (SSSR count). The second-order valence-electron chi connectivity index (χ2n) is 5.77. The first-order valence-electron chi connectivity index (χ1n) is 7.51. The Hall–Kier alpha value is -0.580. The number of nitrogens with zero attached hydrogens (tertiary/aromatic N) is 1. The molecular weight excluding hydrogens is 352 g/mol. The van der Waals surface area contributed by atoms with Crippen molar-refractivity contribution in [2.45, 2.75) is 44.2 Å². The lowest BCUT2D eigenvalue weighted by atomic mass is 10.1. The smallest absolute Gasteiger partial charge is 0.223 e. The van der Waals surface area contributed by atoms with Crippen molar-refractivity contribution >= 4 is 34.2 Å². The van der Waals surface area contributed by atoms with Crippen LogP contribution >= 0.6 is 28.3 Å². The number of rotatable bonds is 3. The van der Waals surface area contributed by atoms with Crippen molar-refractivity contribution in [3.05, 3.63) is 34.3 Å². The summed E-state index contributed by atoms with van der Waals surface area (Å²) in [6.07, 6.45) is 4.90. The molecule has 2 aliphatic rings. The predicted molar refractivity (Wildman–Crippen MR) is 90.9 cm³/mol. The van der Waals surface area contributed by atoms with Crippen LogP contribution in [0.3, 0.4) is 0 Å². The van der Waals surface area contributed by atoms with Gasteiger partial charge in [-0.15, -0.1) is 12.4 Å². The minimum Gasteiger partial charge on any atom is -0.335 e. The number of benzene rings is 1. The van der Waals surface area contributed by atoms with Crippen LogP contribution in [0, 0.1) is 0 Å². The molecule has 2 fully saturated rings. The van der Waals surface area contributed by atoms with Crippen molar-refractivity contribution in [1.29, 1.82) is 0 Å². The highest BCUT2D eigenvalue weighted by Crippen LogP contribution is 2.29. The fourth-order valence-corrected chi connectivity index (χ4v) is 3.94. The first-order chi connectivity index (χ1) is 9.75. The third-order valence-corrected chi connectivity index (χ3v) is 5.28. The highest BCUT2D eigenvalue weighted by Gasteiger charge is 2.37. The number of aryl methyl sites for hydroxylation is 1. The molecule has 0 aromatic heterocycles. The lowest BCUT2D eigenvalue weighted by Crippen LogP contribution is -2.42. The summed E-state index contributed by atoms with van der Waals surface area (Å²) < 4.78 is 1.10. The van der Waals surface area contributed by atoms with Gasteiger partial charge >= 0.3 is 0 Å². The lowest BCUT2D eigenvalue weighted by molar-refractivity contribution is -0.133. The standard InChI is InChI=1S/C16H21BrN2O.ClH/c17-15-4-2-1-3-12(15)5-8-16(20)19-13-6-7-14(19)11-18-10-9-13;/h1-4,13-14,18H,5-11H2;1H. The number of nitrogens with one attached hydrogen (secondary N) is 1. The zero-order valence-electron chi connectivity index (χ0n) is 12.1. The number of amides is 1. The minimum absolute atomic E-state index is 0. The quantitative estimate of drug-likeness (QED) is 0.882. The van der Waals surface area contributed by atoms with Gasteiger partial charge in [0.25, 0.3) is 0 Å². The number of carbonyl (C=O) groups excluding carboxylic acids is 1. The second kappa shape index (κ2) is 7.61. The maximum atomic E-state index is 12.6. The molecule has 0 radical (unpaired) electrons. The van der Waals surface area contributed by atoms with Crippen molar-refractivity contribution in [2.24, 2.45) is 0 Å². The Kier molecular flexibility index (Phi) is 6.08. The Labute approximate surface area is 141 Å². The minimum atomic E-state index is 0. The van der Waals surface area contributed by atoms with Gasteiger partial charge in [0.2, 0.25) is 5.91 Å². The molecule has 1 aromatic carbocycles. The van der Waals surface area contributed by atoms with Crippen LogP contribution in [0.15, 0.2) is 28.7 Å². The van der Waals surface area contributed by atoms with Crippen LogP contribution in [0.2, 0.25) is 0 Å². The van der Waals surface area contributed by atoms with Crippen LogP contribution < -0.4 is 5.32 Å². The summed E-state index contributed by atoms with van der Waals surface area (Å²) in [5.74, 6) is 0.331. The normalized spacial score (nSPS) is 24.3. The topological polar surface area (TPSA) is 32.3 Å². The van der Waals surface area contributed by atoms with Crippen molar-refractivity contribution in [2.75, 3.05) is 13.1 Å². The second-order valence-corrected chi connectivity index (χ2v) is 6.62. The summed E-state index contributed by atoms with van der Waals surface area (Å²) in [5.41, 5.74) is 1.22. The summed E-state index contributed by atoms with van der Waals surface area (Å²) in [6, 6.07) is 9.08. The number of halogens is 2. The summed E-state index contributed by atoms with van der Waals surface area (Å²) in [6.45, 7) is 2.02. The highest BCUT2D eigenvalue weighted by atomic mass is 79.9. The Morgan fingerprint density at radius 2 is 2.00 bits per heavy atom. The van der Waals surface area contributed by atoms with E-state index in [1.807, 2.05) is 18.2 Å². The van der Waals surface area contributed by atoms with E-state index in [4.69, 9.17) is 0 Å². The van der Waals surface area contributed by atoms with Gasteiger partial charge in [-0.25, -0.2) is 0 Å². The van der Waals surface area contributed by atoms with Crippen molar-refractivity contribution in [1.82, 2.24) is 10.2 Å². The van der Waals surface area contributed by atoms with Crippen LogP contribution in [0.25, 0.3) is 0 Å². The van der Waals surface area contributed by atoms with Crippen molar-refractivity contribution in [3.8, 4) is 0 Å². The molecule has 1 N–H and O–H groups in total. The summed E-state index contributed by atoms with van der Waals surface area (Å²) in [4.78, 5) is 14.8. The van der Waals surface area contributed by atoms with Gasteiger partial charge in [0, 0.05) is 29.5 Å². The van der Waals surface area contributed by atoms with E-state index in [0.29, 0.717) is 24.4 Å². The average molecular weight is 374 g/mol. The van der Waals surface area contributed by atoms with Crippen LogP contribution in [0.5, 0.6) is 0 Å². The van der Waals surface area contributed by atoms with Gasteiger partial charge in [-0.2, -0.15) is 0 Å². The number of fused-ring (bicyclic) bond motifs is 2. The molecule has 116 valence electrons. The molecule has 0 aliphatic carbocycles. The molecule has 2 bridgehead atoms. The van der Waals surface area contributed by atoms with Crippen molar-refractivity contribution in [3.63, 3.8) is 0 Å². The van der Waals surface area contributed by atoms with Gasteiger partial charge in [-0.05, 0) is 43.9 Å². The van der Waals surface area contributed by atoms with E-state index >= 15 is 0 Å². The van der Waals surface area contributed by atoms with E-state index in [1.54, 1.807) is 0 Å². The maximum Gasteiger partial charge on any atom is 0.223 e. The number of carbonyl (C=O) groups is 1. The molecule has 2 atom stereocenters. The Morgan fingerprint density at radius 1 is 1.24 bits per heavy atom. The molecule has 0 spiro atoms. The Morgan fingerprint density at radius 3 is 2.81 bits per heavy atom. The summed E-state index contributed by atoms with van der Waals surface area (Å²) >= 11 is 3.56. The molecular formula is C16H22BrClN2O. The summed E-state index contributed by atoms with van der Waals surface area (Å²) in [7, 11) is 0. The molecule has 3 nitrogen and oxygen atoms in total. The van der Waals surface area contributed by atoms with Crippen LogP contribution in [0.4, 0.5) is 0 Å². The van der Waals surface area contributed by atoms with Gasteiger partial charge in [0.05, 0.1) is 0 Å². The van der Waals surface area contributed by atoms with E-state index in [-0.39, 0.29) is 12.4 Å². The van der Waals surface area contributed by atoms with Gasteiger partial charge in [-0.1, -0.05) is 34.1 Å². The van der Waals surface area contributed by atoms with E-state index in [0.717, 1.165) is 30.4 Å². The van der Waals surface area contributed by atoms with Crippen molar-refractivity contribution < 1.29 is 4.79 Å². The van der Waals surface area contributed by atoms with Crippen LogP contribution in [-0.4, -0.2) is 36.0 Å². The van der Waals surface area contributed by atoms with Gasteiger partial charge in [-0.3, -0.25) is 4.79 Å². The molecule has 1 aromatic rings. The zero-order valence-corrected chi connectivity index (χ0v) is 14.5. The predicted octanol–water partition coefficient (Wildman–Crippen LogP) is 3.16. The first-order valence-corrected chi connectivity index (χ1v) is 8.30. The third-order valence-electron chi connectivity index (χ3n) is 4.51. The summed E-state index contributed by atoms with van der Waals surface area (Å²) in [5, 5.41) is 3.45. The van der Waals surface area contributed by atoms with E-state index in [1.165, 1.54) is 18.4 Å². The largest absolute Gasteiger partial charge is 0.335 e. The molecule has 2 aliphatic heterocycles. The number of hydrogen-bond donors (Lipinski definition) is 1. The molecule has 2 heterocycles. The van der Waals surface area contributed by atoms with Gasteiger partial charge in [0.1, 0.15) is 0 Å². The molecule has 2 saturated heterocycles. The van der Waals surface area contributed by atoms with Crippen LogP contribution in [0.1, 0.15) is 31.2 Å². The fourth-order valence-electron chi connectivity index (χ4n) is 3.46. The lowest BCUT2D eigenvalue weighted by Gasteiger charge is -2.28. The van der Waals surface area contributed by atoms with Gasteiger partial charge in [0.15, 0.2) is 0 Å². The first kappa shape index (κ1) is 16.8. The SMILES string of the molecule is Cl.O=C(CCc1ccccc1Br)N1C2CCNCC1CC2. The molecule has 0 saturated carbocycles. The number of hydrogen-bond acceptors (Lipinski definition) is 2. The Bertz CT molecular complexity index is 483. The van der Waals surface area contributed by atoms with E-state index in [2.05, 4.69) is 32.2 Å². The third kappa shape index (κ3) is 3.79. The maximum absolute atomic E-state index is 12.6. The van der Waals surface area contributed by atoms with Gasteiger partial charge < -0.3 is 10.2 Å². The molecule has 1 amide bonds. The molecule has 2 unspecified atom stereocenters. The zero-order chi connectivity index (χ0) is 13.9. The highest BCUT2D eigenvalue weighted by molar-refractivity contribution is 9.10. The van der Waals surface area contributed by atoms with E-state index in [9.17, 15) is 4.79 Å². The average Bonchev–Trinajstić information content (AvgIpc) is 2.71. The van der Waals surface area contributed by atoms with E-state index < -0.39 is 0 Å². The molecule has 21 heavy (non-hydrogen) atoms.